The quantitative estimate of drug-likeness (QED) is 0.711. The molecule has 0 saturated heterocycles. The third kappa shape index (κ3) is 4.52. The molecule has 2 nitrogen and oxygen atoms in total. The van der Waals surface area contributed by atoms with Crippen molar-refractivity contribution in [2.45, 2.75) is 65.0 Å². The molecule has 0 aliphatic heterocycles. The van der Waals surface area contributed by atoms with Gasteiger partial charge in [-0.2, -0.15) is 0 Å². The average Bonchev–Trinajstić information content (AvgIpc) is 2.68. The highest BCUT2D eigenvalue weighted by Crippen LogP contribution is 2.28. The summed E-state index contributed by atoms with van der Waals surface area (Å²) in [5.41, 5.74) is 0. The number of hydrogen-bond acceptors (Lipinski definition) is 2. The van der Waals surface area contributed by atoms with E-state index in [4.69, 9.17) is 5.11 Å². The third-order valence-corrected chi connectivity index (χ3v) is 3.85. The largest absolute Gasteiger partial charge is 0.396 e. The second-order valence-corrected chi connectivity index (χ2v) is 5.40. The van der Waals surface area contributed by atoms with Crippen LogP contribution in [0.2, 0.25) is 0 Å². The molecule has 0 radical (unpaired) electrons. The fourth-order valence-corrected chi connectivity index (χ4v) is 2.59. The summed E-state index contributed by atoms with van der Waals surface area (Å²) in [5.74, 6) is 1.31. The zero-order chi connectivity index (χ0) is 11.3. The van der Waals surface area contributed by atoms with Crippen LogP contribution in [-0.4, -0.2) is 23.8 Å². The molecule has 2 heteroatoms. The Kier molecular flexibility index (Phi) is 5.62. The van der Waals surface area contributed by atoms with Gasteiger partial charge in [0, 0.05) is 18.7 Å². The monoisotopic (exact) mass is 213 g/mol. The zero-order valence-corrected chi connectivity index (χ0v) is 10.5. The van der Waals surface area contributed by atoms with Crippen molar-refractivity contribution in [3.63, 3.8) is 0 Å². The first-order valence-electron chi connectivity index (χ1n) is 6.50. The van der Waals surface area contributed by atoms with Crippen LogP contribution >= 0.6 is 0 Å². The number of aliphatic hydroxyl groups is 1. The lowest BCUT2D eigenvalue weighted by Gasteiger charge is -2.25. The fourth-order valence-electron chi connectivity index (χ4n) is 2.59. The molecule has 90 valence electrons. The van der Waals surface area contributed by atoms with Gasteiger partial charge < -0.3 is 10.4 Å². The lowest BCUT2D eigenvalue weighted by Crippen LogP contribution is -2.40. The normalized spacial score (nSPS) is 24.0. The van der Waals surface area contributed by atoms with Crippen LogP contribution in [0.15, 0.2) is 0 Å². The molecular formula is C13H27NO. The summed E-state index contributed by atoms with van der Waals surface area (Å²) in [5, 5.41) is 12.7. The van der Waals surface area contributed by atoms with Gasteiger partial charge in [0.2, 0.25) is 0 Å². The Labute approximate surface area is 94.5 Å². The van der Waals surface area contributed by atoms with Crippen molar-refractivity contribution in [1.82, 2.24) is 5.32 Å². The number of aliphatic hydroxyl groups excluding tert-OH is 1. The van der Waals surface area contributed by atoms with Crippen LogP contribution in [0.4, 0.5) is 0 Å². The molecule has 0 bridgehead atoms. The topological polar surface area (TPSA) is 32.3 Å². The molecule has 1 fully saturated rings. The van der Waals surface area contributed by atoms with E-state index in [0.29, 0.717) is 18.0 Å². The first-order chi connectivity index (χ1) is 7.13. The molecular weight excluding hydrogens is 186 g/mol. The smallest absolute Gasteiger partial charge is 0.0471 e. The van der Waals surface area contributed by atoms with E-state index in [1.54, 1.807) is 0 Å². The highest BCUT2D eigenvalue weighted by molar-refractivity contribution is 4.76. The van der Waals surface area contributed by atoms with Crippen LogP contribution in [0, 0.1) is 11.8 Å². The van der Waals surface area contributed by atoms with Crippen LogP contribution in [0.3, 0.4) is 0 Å². The van der Waals surface area contributed by atoms with Gasteiger partial charge in [-0.1, -0.05) is 32.6 Å². The maximum atomic E-state index is 9.06. The Morgan fingerprint density at radius 1 is 1.20 bits per heavy atom. The van der Waals surface area contributed by atoms with Crippen LogP contribution in [0.25, 0.3) is 0 Å². The highest BCUT2D eigenvalue weighted by Gasteiger charge is 2.19. The van der Waals surface area contributed by atoms with Gasteiger partial charge in [-0.3, -0.25) is 0 Å². The molecule has 0 heterocycles. The predicted molar refractivity (Wildman–Crippen MR) is 64.9 cm³/mol. The van der Waals surface area contributed by atoms with E-state index in [9.17, 15) is 0 Å². The molecule has 1 aliphatic rings. The predicted octanol–water partition coefficient (Wildman–Crippen LogP) is 2.56. The van der Waals surface area contributed by atoms with Crippen molar-refractivity contribution >= 4 is 0 Å². The second kappa shape index (κ2) is 6.49. The molecule has 3 atom stereocenters. The Hall–Kier alpha value is -0.0800. The number of rotatable bonds is 6. The van der Waals surface area contributed by atoms with Crippen LogP contribution < -0.4 is 5.32 Å². The van der Waals surface area contributed by atoms with Crippen molar-refractivity contribution < 1.29 is 5.11 Å². The van der Waals surface area contributed by atoms with Gasteiger partial charge in [-0.25, -0.2) is 0 Å². The number of nitrogens with one attached hydrogen (secondary N) is 1. The molecule has 0 amide bonds. The molecule has 0 aromatic rings. The van der Waals surface area contributed by atoms with Crippen molar-refractivity contribution in [1.29, 1.82) is 0 Å². The Morgan fingerprint density at radius 2 is 1.80 bits per heavy atom. The maximum Gasteiger partial charge on any atom is 0.0471 e. The molecule has 3 unspecified atom stereocenters. The minimum Gasteiger partial charge on any atom is -0.396 e. The van der Waals surface area contributed by atoms with Crippen molar-refractivity contribution in [3.05, 3.63) is 0 Å². The van der Waals surface area contributed by atoms with Crippen molar-refractivity contribution in [3.8, 4) is 0 Å². The van der Waals surface area contributed by atoms with Crippen molar-refractivity contribution in [2.75, 3.05) is 6.61 Å². The van der Waals surface area contributed by atoms with Gasteiger partial charge in [0.25, 0.3) is 0 Å². The van der Waals surface area contributed by atoms with E-state index >= 15 is 0 Å². The Balaban J connectivity index is 2.19. The van der Waals surface area contributed by atoms with Crippen LogP contribution in [-0.2, 0) is 0 Å². The van der Waals surface area contributed by atoms with Crippen LogP contribution in [0.1, 0.15) is 52.9 Å². The summed E-state index contributed by atoms with van der Waals surface area (Å²) < 4.78 is 0. The minimum atomic E-state index is 0.282. The molecule has 1 rings (SSSR count). The fraction of sp³-hybridized carbons (Fsp3) is 1.00. The molecule has 15 heavy (non-hydrogen) atoms. The molecule has 1 saturated carbocycles. The summed E-state index contributed by atoms with van der Waals surface area (Å²) in [7, 11) is 0. The van der Waals surface area contributed by atoms with E-state index in [0.717, 1.165) is 5.92 Å². The van der Waals surface area contributed by atoms with E-state index in [1.807, 2.05) is 0 Å². The third-order valence-electron chi connectivity index (χ3n) is 3.85. The van der Waals surface area contributed by atoms with Gasteiger partial charge in [-0.05, 0) is 32.1 Å². The van der Waals surface area contributed by atoms with Gasteiger partial charge in [0.05, 0.1) is 0 Å². The SMILES string of the molecule is CC(CC1CCCC1)NC(C)C(C)CO. The van der Waals surface area contributed by atoms with Gasteiger partial charge in [0.1, 0.15) is 0 Å². The first kappa shape index (κ1) is 13.0. The second-order valence-electron chi connectivity index (χ2n) is 5.40. The van der Waals surface area contributed by atoms with Crippen molar-refractivity contribution in [2.24, 2.45) is 11.8 Å². The van der Waals surface area contributed by atoms with E-state index < -0.39 is 0 Å². The standard InChI is InChI=1S/C13H27NO/c1-10(9-15)12(3)14-11(2)8-13-6-4-5-7-13/h10-15H,4-9H2,1-3H3. The summed E-state index contributed by atoms with van der Waals surface area (Å²) in [6.07, 6.45) is 7.02. The van der Waals surface area contributed by atoms with Gasteiger partial charge >= 0.3 is 0 Å². The molecule has 1 aliphatic carbocycles. The first-order valence-corrected chi connectivity index (χ1v) is 6.50. The number of hydrogen-bond donors (Lipinski definition) is 2. The molecule has 0 aromatic heterocycles. The molecule has 0 spiro atoms. The van der Waals surface area contributed by atoms with Crippen LogP contribution in [0.5, 0.6) is 0 Å². The lowest BCUT2D eigenvalue weighted by molar-refractivity contribution is 0.198. The summed E-state index contributed by atoms with van der Waals surface area (Å²) >= 11 is 0. The minimum absolute atomic E-state index is 0.282. The van der Waals surface area contributed by atoms with E-state index in [-0.39, 0.29) is 6.61 Å². The lowest BCUT2D eigenvalue weighted by atomic mass is 9.97. The summed E-state index contributed by atoms with van der Waals surface area (Å²) in [6.45, 7) is 6.83. The van der Waals surface area contributed by atoms with E-state index in [1.165, 1.54) is 32.1 Å². The van der Waals surface area contributed by atoms with E-state index in [2.05, 4.69) is 26.1 Å². The van der Waals surface area contributed by atoms with Gasteiger partial charge in [0.15, 0.2) is 0 Å². The summed E-state index contributed by atoms with van der Waals surface area (Å²) in [4.78, 5) is 0. The highest BCUT2D eigenvalue weighted by atomic mass is 16.3. The average molecular weight is 213 g/mol. The zero-order valence-electron chi connectivity index (χ0n) is 10.5. The Bertz CT molecular complexity index is 166. The summed E-state index contributed by atoms with van der Waals surface area (Å²) in [6, 6.07) is 1.02. The maximum absolute atomic E-state index is 9.06. The van der Waals surface area contributed by atoms with Gasteiger partial charge in [-0.15, -0.1) is 0 Å². The molecule has 2 N–H and O–H groups in total. The molecule has 0 aromatic carbocycles. The Morgan fingerprint density at radius 3 is 2.33 bits per heavy atom.